The number of nitrogens with two attached hydrogens (primary N) is 3. The van der Waals surface area contributed by atoms with Crippen molar-refractivity contribution in [3.63, 3.8) is 0 Å². The molecule has 1 atom stereocenters. The van der Waals surface area contributed by atoms with Gasteiger partial charge in [0.1, 0.15) is 11.4 Å². The highest BCUT2D eigenvalue weighted by Crippen LogP contribution is 2.46. The van der Waals surface area contributed by atoms with Crippen LogP contribution in [0.1, 0.15) is 60.6 Å². The number of hydrogen-bond donors (Lipinski definition) is 5. The van der Waals surface area contributed by atoms with Crippen molar-refractivity contribution in [2.75, 3.05) is 23.4 Å². The fourth-order valence-electron chi connectivity index (χ4n) is 5.37. The van der Waals surface area contributed by atoms with Gasteiger partial charge in [0.2, 0.25) is 0 Å². The molecule has 3 aromatic rings. The Morgan fingerprint density at radius 1 is 0.972 bits per heavy atom. The summed E-state index contributed by atoms with van der Waals surface area (Å²) in [7, 11) is 0. The first kappa shape index (κ1) is 25.8. The SMILES string of the molecule is NNc1nc(N)cc(C(CCNC2(C(F)(F)F)CCC(c3ccccc3)CC2)c2ccccc2)c1N. The van der Waals surface area contributed by atoms with Crippen LogP contribution in [0.4, 0.5) is 30.5 Å². The van der Waals surface area contributed by atoms with Crippen LogP contribution >= 0.6 is 0 Å². The Kier molecular flexibility index (Phi) is 7.70. The van der Waals surface area contributed by atoms with Gasteiger partial charge in [0.05, 0.1) is 5.69 Å². The molecule has 1 aliphatic rings. The maximum Gasteiger partial charge on any atom is 0.406 e. The molecule has 0 spiro atoms. The van der Waals surface area contributed by atoms with E-state index < -0.39 is 11.7 Å². The summed E-state index contributed by atoms with van der Waals surface area (Å²) in [5.74, 6) is 5.88. The fraction of sp³-hybridized carbons (Fsp3) is 0.370. The molecule has 0 amide bonds. The van der Waals surface area contributed by atoms with Gasteiger partial charge >= 0.3 is 6.18 Å². The first-order valence-corrected chi connectivity index (χ1v) is 12.2. The molecule has 0 aliphatic heterocycles. The van der Waals surface area contributed by atoms with E-state index in [1.54, 1.807) is 6.07 Å². The molecule has 0 saturated heterocycles. The van der Waals surface area contributed by atoms with E-state index in [2.05, 4.69) is 15.7 Å². The number of hydrogen-bond acceptors (Lipinski definition) is 6. The van der Waals surface area contributed by atoms with Gasteiger partial charge in [0.15, 0.2) is 5.82 Å². The van der Waals surface area contributed by atoms with E-state index in [4.69, 9.17) is 17.3 Å². The van der Waals surface area contributed by atoms with Crippen LogP contribution in [0.2, 0.25) is 0 Å². The molecule has 1 unspecified atom stereocenters. The van der Waals surface area contributed by atoms with Gasteiger partial charge in [-0.25, -0.2) is 10.8 Å². The van der Waals surface area contributed by atoms with Crippen molar-refractivity contribution < 1.29 is 13.2 Å². The second kappa shape index (κ2) is 10.8. The first-order valence-electron chi connectivity index (χ1n) is 12.2. The highest BCUT2D eigenvalue weighted by Gasteiger charge is 2.55. The molecule has 36 heavy (non-hydrogen) atoms. The quantitative estimate of drug-likeness (QED) is 0.213. The van der Waals surface area contributed by atoms with E-state index in [0.29, 0.717) is 30.5 Å². The monoisotopic (exact) mass is 498 g/mol. The molecular weight excluding hydrogens is 465 g/mol. The standard InChI is InChI=1S/C27H33F3N6/c28-27(29,30)26(14-11-19(12-15-26)18-7-3-1-4-8-18)34-16-13-21(20-9-5-2-6-10-20)22-17-23(31)35-25(36-33)24(22)32/h1-10,17,19,21,34H,11-16,32-33H2,(H3,31,35,36). The van der Waals surface area contributed by atoms with Gasteiger partial charge < -0.3 is 22.2 Å². The topological polar surface area (TPSA) is 115 Å². The zero-order valence-corrected chi connectivity index (χ0v) is 20.1. The average Bonchev–Trinajstić information content (AvgIpc) is 2.88. The number of anilines is 3. The molecule has 4 rings (SSSR count). The third-order valence-electron chi connectivity index (χ3n) is 7.37. The summed E-state index contributed by atoms with van der Waals surface area (Å²) in [6, 6.07) is 21.0. The molecule has 8 N–H and O–H groups in total. The second-order valence-corrected chi connectivity index (χ2v) is 9.49. The van der Waals surface area contributed by atoms with Crippen molar-refractivity contribution in [1.82, 2.24) is 10.3 Å². The highest BCUT2D eigenvalue weighted by atomic mass is 19.4. The van der Waals surface area contributed by atoms with Crippen molar-refractivity contribution in [2.24, 2.45) is 5.84 Å². The number of nitrogen functional groups attached to an aromatic ring is 3. The summed E-state index contributed by atoms with van der Waals surface area (Å²) in [6.07, 6.45) is -2.92. The molecule has 0 radical (unpaired) electrons. The number of aromatic nitrogens is 1. The molecule has 1 aliphatic carbocycles. The molecule has 1 heterocycles. The lowest BCUT2D eigenvalue weighted by Gasteiger charge is -2.42. The third kappa shape index (κ3) is 5.42. The third-order valence-corrected chi connectivity index (χ3v) is 7.37. The number of rotatable bonds is 8. The summed E-state index contributed by atoms with van der Waals surface area (Å²) in [5, 5.41) is 2.93. The second-order valence-electron chi connectivity index (χ2n) is 9.49. The van der Waals surface area contributed by atoms with Gasteiger partial charge in [0, 0.05) is 5.92 Å². The zero-order valence-electron chi connectivity index (χ0n) is 20.1. The molecule has 192 valence electrons. The molecule has 9 heteroatoms. The summed E-state index contributed by atoms with van der Waals surface area (Å²) in [5.41, 5.74) is 15.9. The van der Waals surface area contributed by atoms with Crippen molar-refractivity contribution in [1.29, 1.82) is 0 Å². The van der Waals surface area contributed by atoms with Gasteiger partial charge in [-0.3, -0.25) is 0 Å². The Morgan fingerprint density at radius 2 is 1.58 bits per heavy atom. The predicted molar refractivity (Wildman–Crippen MR) is 138 cm³/mol. The molecule has 6 nitrogen and oxygen atoms in total. The van der Waals surface area contributed by atoms with Gasteiger partial charge in [0.25, 0.3) is 0 Å². The van der Waals surface area contributed by atoms with Crippen LogP contribution < -0.4 is 28.1 Å². The summed E-state index contributed by atoms with van der Waals surface area (Å²) >= 11 is 0. The minimum Gasteiger partial charge on any atom is -0.395 e. The number of hydrazine groups is 1. The highest BCUT2D eigenvalue weighted by molar-refractivity contribution is 5.70. The lowest BCUT2D eigenvalue weighted by molar-refractivity contribution is -0.206. The number of nitrogens with one attached hydrogen (secondary N) is 2. The van der Waals surface area contributed by atoms with Crippen LogP contribution in [-0.2, 0) is 0 Å². The Hall–Kier alpha value is -3.30. The summed E-state index contributed by atoms with van der Waals surface area (Å²) in [4.78, 5) is 4.11. The average molecular weight is 499 g/mol. The molecule has 2 aromatic carbocycles. The Bertz CT molecular complexity index is 1130. The van der Waals surface area contributed by atoms with E-state index >= 15 is 0 Å². The smallest absolute Gasteiger partial charge is 0.395 e. The van der Waals surface area contributed by atoms with Crippen molar-refractivity contribution in [3.8, 4) is 0 Å². The number of nitrogens with zero attached hydrogens (tertiary/aromatic N) is 1. The van der Waals surface area contributed by atoms with E-state index in [1.807, 2.05) is 60.7 Å². The van der Waals surface area contributed by atoms with Crippen LogP contribution in [0.25, 0.3) is 0 Å². The Labute approximate surface area is 209 Å². The van der Waals surface area contributed by atoms with Gasteiger partial charge in [-0.1, -0.05) is 60.7 Å². The molecule has 1 fully saturated rings. The lowest BCUT2D eigenvalue weighted by Crippen LogP contribution is -2.58. The Morgan fingerprint density at radius 3 is 2.17 bits per heavy atom. The van der Waals surface area contributed by atoms with Crippen molar-refractivity contribution in [2.45, 2.75) is 55.7 Å². The molecule has 1 saturated carbocycles. The van der Waals surface area contributed by atoms with Crippen LogP contribution in [-0.4, -0.2) is 23.2 Å². The minimum atomic E-state index is -4.35. The number of benzene rings is 2. The van der Waals surface area contributed by atoms with Gasteiger partial charge in [-0.15, -0.1) is 0 Å². The number of halogens is 3. The van der Waals surface area contributed by atoms with Crippen molar-refractivity contribution >= 4 is 17.3 Å². The van der Waals surface area contributed by atoms with Crippen LogP contribution in [0, 0.1) is 0 Å². The summed E-state index contributed by atoms with van der Waals surface area (Å²) < 4.78 is 43.1. The molecule has 0 bridgehead atoms. The lowest BCUT2D eigenvalue weighted by atomic mass is 9.73. The normalized spacial score (nSPS) is 21.2. The van der Waals surface area contributed by atoms with E-state index in [0.717, 1.165) is 11.1 Å². The largest absolute Gasteiger partial charge is 0.406 e. The maximum atomic E-state index is 14.4. The number of alkyl halides is 3. The fourth-order valence-corrected chi connectivity index (χ4v) is 5.37. The van der Waals surface area contributed by atoms with Crippen molar-refractivity contribution in [3.05, 3.63) is 83.4 Å². The minimum absolute atomic E-state index is 0.0393. The maximum absolute atomic E-state index is 14.4. The van der Waals surface area contributed by atoms with E-state index in [-0.39, 0.29) is 42.9 Å². The van der Waals surface area contributed by atoms with Gasteiger partial charge in [-0.05, 0) is 67.3 Å². The number of pyridine rings is 1. The molecule has 1 aromatic heterocycles. The molecular formula is C27H33F3N6. The van der Waals surface area contributed by atoms with E-state index in [1.165, 1.54) is 0 Å². The Balaban J connectivity index is 1.54. The zero-order chi connectivity index (χ0) is 25.8. The summed E-state index contributed by atoms with van der Waals surface area (Å²) in [6.45, 7) is 0.155. The van der Waals surface area contributed by atoms with Crippen LogP contribution in [0.3, 0.4) is 0 Å². The first-order chi connectivity index (χ1) is 17.2. The van der Waals surface area contributed by atoms with Crippen LogP contribution in [0.15, 0.2) is 66.7 Å². The van der Waals surface area contributed by atoms with E-state index in [9.17, 15) is 13.2 Å². The predicted octanol–water partition coefficient (Wildman–Crippen LogP) is 5.30. The van der Waals surface area contributed by atoms with Crippen LogP contribution in [0.5, 0.6) is 0 Å². The van der Waals surface area contributed by atoms with Gasteiger partial charge in [-0.2, -0.15) is 13.2 Å².